The Morgan fingerprint density at radius 2 is 1.81 bits per heavy atom. The molecule has 0 aliphatic heterocycles. The molecule has 2 heterocycles. The first kappa shape index (κ1) is 20.2. The fraction of sp³-hybridized carbons (Fsp3) is 0.174. The fourth-order valence-electron chi connectivity index (χ4n) is 3.36. The summed E-state index contributed by atoms with van der Waals surface area (Å²) in [6.45, 7) is 2.10. The summed E-state index contributed by atoms with van der Waals surface area (Å²) in [5.41, 5.74) is 4.36. The van der Waals surface area contributed by atoms with Gasteiger partial charge in [0.1, 0.15) is 11.3 Å². The molecule has 0 aliphatic carbocycles. The van der Waals surface area contributed by atoms with Crippen LogP contribution >= 0.6 is 0 Å². The summed E-state index contributed by atoms with van der Waals surface area (Å²) in [4.78, 5) is 20.2. The normalized spacial score (nSPS) is 10.7. The molecule has 0 saturated carbocycles. The zero-order valence-corrected chi connectivity index (χ0v) is 17.5. The minimum Gasteiger partial charge on any atom is -0.493 e. The predicted octanol–water partition coefficient (Wildman–Crippen LogP) is 4.20. The Hall–Kier alpha value is -4.07. The first-order valence-electron chi connectivity index (χ1n) is 9.72. The average Bonchev–Trinajstić information content (AvgIpc) is 3.15. The number of imidazole rings is 1. The number of hydrogen-bond donors (Lipinski definition) is 2. The van der Waals surface area contributed by atoms with Crippen molar-refractivity contribution >= 4 is 34.1 Å². The van der Waals surface area contributed by atoms with E-state index in [0.717, 1.165) is 28.0 Å². The van der Waals surface area contributed by atoms with Gasteiger partial charge in [-0.05, 0) is 35.9 Å². The highest BCUT2D eigenvalue weighted by molar-refractivity contribution is 5.89. The van der Waals surface area contributed by atoms with Crippen molar-refractivity contribution in [1.29, 1.82) is 0 Å². The molecule has 0 saturated heterocycles. The molecule has 31 heavy (non-hydrogen) atoms. The third-order valence-electron chi connectivity index (χ3n) is 4.76. The molecule has 1 amide bonds. The number of pyridine rings is 1. The highest BCUT2D eigenvalue weighted by Gasteiger charge is 2.09. The Kier molecular flexibility index (Phi) is 5.70. The monoisotopic (exact) mass is 417 g/mol. The third kappa shape index (κ3) is 4.58. The molecule has 0 atom stereocenters. The van der Waals surface area contributed by atoms with E-state index in [2.05, 4.69) is 25.2 Å². The number of methoxy groups -OCH3 is 2. The molecule has 0 spiro atoms. The van der Waals surface area contributed by atoms with E-state index in [1.54, 1.807) is 26.7 Å². The van der Waals surface area contributed by atoms with Gasteiger partial charge in [0.2, 0.25) is 5.91 Å². The summed E-state index contributed by atoms with van der Waals surface area (Å²) in [5.74, 6) is 1.95. The smallest absolute Gasteiger partial charge is 0.221 e. The van der Waals surface area contributed by atoms with Gasteiger partial charge in [-0.2, -0.15) is 0 Å². The first-order valence-corrected chi connectivity index (χ1v) is 9.72. The summed E-state index contributed by atoms with van der Waals surface area (Å²) < 4.78 is 12.8. The van der Waals surface area contributed by atoms with Crippen LogP contribution in [0.5, 0.6) is 11.5 Å². The fourth-order valence-corrected chi connectivity index (χ4v) is 3.36. The van der Waals surface area contributed by atoms with Crippen molar-refractivity contribution in [3.05, 3.63) is 66.6 Å². The Bertz CT molecular complexity index is 1240. The van der Waals surface area contributed by atoms with Crippen molar-refractivity contribution in [2.75, 3.05) is 24.9 Å². The number of fused-ring (bicyclic) bond motifs is 1. The zero-order valence-electron chi connectivity index (χ0n) is 17.5. The Morgan fingerprint density at radius 3 is 2.58 bits per heavy atom. The first-order chi connectivity index (χ1) is 15.1. The number of carbonyl (C=O) groups excluding carboxylic acids is 1. The van der Waals surface area contributed by atoms with Gasteiger partial charge in [-0.1, -0.05) is 12.1 Å². The molecule has 0 unspecified atom stereocenters. The second-order valence-corrected chi connectivity index (χ2v) is 7.01. The van der Waals surface area contributed by atoms with Crippen molar-refractivity contribution in [3.63, 3.8) is 0 Å². The van der Waals surface area contributed by atoms with E-state index in [1.165, 1.54) is 6.92 Å². The van der Waals surface area contributed by atoms with Crippen LogP contribution in [0, 0.1) is 0 Å². The Morgan fingerprint density at radius 1 is 1.00 bits per heavy atom. The number of anilines is 3. The summed E-state index contributed by atoms with van der Waals surface area (Å²) in [5, 5.41) is 6.06. The van der Waals surface area contributed by atoms with Crippen molar-refractivity contribution in [2.45, 2.75) is 13.5 Å². The van der Waals surface area contributed by atoms with Crippen molar-refractivity contribution < 1.29 is 14.3 Å². The topological polar surface area (TPSA) is 90.3 Å². The number of nitrogens with zero attached hydrogens (tertiary/aromatic N) is 3. The molecule has 2 aromatic heterocycles. The molecule has 4 aromatic rings. The molecule has 158 valence electrons. The van der Waals surface area contributed by atoms with Gasteiger partial charge in [-0.3, -0.25) is 4.79 Å². The van der Waals surface area contributed by atoms with Crippen LogP contribution < -0.4 is 20.1 Å². The number of nitrogens with one attached hydrogen (secondary N) is 2. The number of benzene rings is 2. The Balaban J connectivity index is 1.59. The third-order valence-corrected chi connectivity index (χ3v) is 4.76. The Labute approximate surface area is 179 Å². The second kappa shape index (κ2) is 8.74. The van der Waals surface area contributed by atoms with Crippen LogP contribution in [-0.4, -0.2) is 34.7 Å². The van der Waals surface area contributed by atoms with Crippen molar-refractivity contribution in [3.8, 4) is 11.5 Å². The van der Waals surface area contributed by atoms with Gasteiger partial charge in [-0.25, -0.2) is 9.97 Å². The van der Waals surface area contributed by atoms with Crippen molar-refractivity contribution in [1.82, 2.24) is 14.5 Å². The highest BCUT2D eigenvalue weighted by atomic mass is 16.5. The standard InChI is InChI=1S/C23H23N5O3/c1-15(29)26-17-5-4-6-18(10-17)27-23-11-20-19(12-24-23)25-14-28(20)13-16-7-8-21(30-2)22(9-16)31-3/h4-12,14H,13H2,1-3H3,(H,24,27)(H,26,29). The SMILES string of the molecule is COc1ccc(Cn2cnc3cnc(Nc4cccc(NC(C)=O)c4)cc32)cc1OC. The van der Waals surface area contributed by atoms with E-state index in [4.69, 9.17) is 9.47 Å². The van der Waals surface area contributed by atoms with E-state index >= 15 is 0 Å². The molecule has 4 rings (SSSR count). The number of hydrogen-bond acceptors (Lipinski definition) is 6. The minimum atomic E-state index is -0.115. The molecular weight excluding hydrogens is 394 g/mol. The van der Waals surface area contributed by atoms with Gasteiger partial charge < -0.3 is 24.7 Å². The van der Waals surface area contributed by atoms with Crippen LogP contribution in [0.25, 0.3) is 11.0 Å². The summed E-state index contributed by atoms with van der Waals surface area (Å²) >= 11 is 0. The van der Waals surface area contributed by atoms with Gasteiger partial charge >= 0.3 is 0 Å². The number of rotatable bonds is 7. The molecule has 8 heteroatoms. The quantitative estimate of drug-likeness (QED) is 0.468. The largest absolute Gasteiger partial charge is 0.493 e. The molecular formula is C23H23N5O3. The maximum Gasteiger partial charge on any atom is 0.221 e. The van der Waals surface area contributed by atoms with Crippen LogP contribution in [-0.2, 0) is 11.3 Å². The molecule has 2 N–H and O–H groups in total. The van der Waals surface area contributed by atoms with E-state index in [-0.39, 0.29) is 5.91 Å². The van der Waals surface area contributed by atoms with Crippen LogP contribution in [0.3, 0.4) is 0 Å². The molecule has 0 bridgehead atoms. The van der Waals surface area contributed by atoms with Gasteiger partial charge in [0, 0.05) is 30.9 Å². The lowest BCUT2D eigenvalue weighted by Gasteiger charge is -2.11. The molecule has 0 aliphatic rings. The molecule has 2 aromatic carbocycles. The van der Waals surface area contributed by atoms with E-state index < -0.39 is 0 Å². The molecule has 8 nitrogen and oxygen atoms in total. The lowest BCUT2D eigenvalue weighted by Crippen LogP contribution is -2.05. The maximum absolute atomic E-state index is 11.3. The van der Waals surface area contributed by atoms with Crippen molar-refractivity contribution in [2.24, 2.45) is 0 Å². The van der Waals surface area contributed by atoms with Crippen LogP contribution in [0.1, 0.15) is 12.5 Å². The van der Waals surface area contributed by atoms with E-state index in [0.29, 0.717) is 23.9 Å². The lowest BCUT2D eigenvalue weighted by molar-refractivity contribution is -0.114. The number of ether oxygens (including phenoxy) is 2. The number of carbonyl (C=O) groups is 1. The van der Waals surface area contributed by atoms with Crippen LogP contribution in [0.4, 0.5) is 17.2 Å². The second-order valence-electron chi connectivity index (χ2n) is 7.01. The summed E-state index contributed by atoms with van der Waals surface area (Å²) in [7, 11) is 3.24. The van der Waals surface area contributed by atoms with Gasteiger partial charge in [0.15, 0.2) is 11.5 Å². The molecule has 0 fully saturated rings. The van der Waals surface area contributed by atoms with Gasteiger partial charge in [0.25, 0.3) is 0 Å². The van der Waals surface area contributed by atoms with Gasteiger partial charge in [-0.15, -0.1) is 0 Å². The van der Waals surface area contributed by atoms with Gasteiger partial charge in [0.05, 0.1) is 32.3 Å². The zero-order chi connectivity index (χ0) is 21.8. The number of aromatic nitrogens is 3. The van der Waals surface area contributed by atoms with E-state index in [1.807, 2.05) is 48.5 Å². The molecule has 0 radical (unpaired) electrons. The van der Waals surface area contributed by atoms with Crippen LogP contribution in [0.15, 0.2) is 61.1 Å². The predicted molar refractivity (Wildman–Crippen MR) is 120 cm³/mol. The lowest BCUT2D eigenvalue weighted by atomic mass is 10.2. The summed E-state index contributed by atoms with van der Waals surface area (Å²) in [6.07, 6.45) is 3.53. The maximum atomic E-state index is 11.3. The number of amides is 1. The highest BCUT2D eigenvalue weighted by Crippen LogP contribution is 2.28. The average molecular weight is 417 g/mol. The minimum absolute atomic E-state index is 0.115. The summed E-state index contributed by atoms with van der Waals surface area (Å²) in [6, 6.07) is 15.3. The van der Waals surface area contributed by atoms with Crippen LogP contribution in [0.2, 0.25) is 0 Å². The van der Waals surface area contributed by atoms with E-state index in [9.17, 15) is 4.79 Å².